The molecule has 1 fully saturated rings. The van der Waals surface area contributed by atoms with Crippen LogP contribution in [0.25, 0.3) is 21.9 Å². The monoisotopic (exact) mass is 312 g/mol. The van der Waals surface area contributed by atoms with Crippen molar-refractivity contribution in [1.29, 1.82) is 0 Å². The molecule has 1 saturated heterocycles. The molecule has 0 spiro atoms. The molecule has 0 unspecified atom stereocenters. The second-order valence-electron chi connectivity index (χ2n) is 6.28. The van der Waals surface area contributed by atoms with E-state index >= 15 is 0 Å². The van der Waals surface area contributed by atoms with Crippen LogP contribution in [0.4, 0.5) is 5.82 Å². The molecule has 2 atom stereocenters. The minimum absolute atomic E-state index is 0.101. The van der Waals surface area contributed by atoms with Crippen molar-refractivity contribution in [3.8, 4) is 0 Å². The van der Waals surface area contributed by atoms with E-state index in [0.29, 0.717) is 17.8 Å². The fourth-order valence-electron chi connectivity index (χ4n) is 3.46. The zero-order valence-electron chi connectivity index (χ0n) is 13.3. The maximum absolute atomic E-state index is 11.5. The Bertz CT molecular complexity index is 879. The number of hydrogen-bond acceptors (Lipinski definition) is 4. The highest BCUT2D eigenvalue weighted by Crippen LogP contribution is 2.34. The van der Waals surface area contributed by atoms with Crippen LogP contribution in [0.1, 0.15) is 26.3 Å². The standard InChI is InChI=1S/C16H20N6O/c1-9-3-5-17-8-13(9)22-14-11-4-6-18-15(11)19-7-12(14)16(21-22)20-10(2)23/h4,6-7,9,13,17,21H,3,5,8H2,1-2H3,(H,20,23)/t9-,13+/m0/s1. The first-order valence-electron chi connectivity index (χ1n) is 7.97. The highest BCUT2D eigenvalue weighted by molar-refractivity contribution is 6.08. The van der Waals surface area contributed by atoms with Crippen LogP contribution in [0.2, 0.25) is 0 Å². The van der Waals surface area contributed by atoms with Gasteiger partial charge in [-0.25, -0.2) is 9.97 Å². The van der Waals surface area contributed by atoms with Crippen molar-refractivity contribution in [2.45, 2.75) is 26.3 Å². The van der Waals surface area contributed by atoms with Gasteiger partial charge in [-0.05, 0) is 24.9 Å². The molecule has 7 nitrogen and oxygen atoms in total. The van der Waals surface area contributed by atoms with Gasteiger partial charge < -0.3 is 10.6 Å². The molecular formula is C16H20N6O. The molecule has 120 valence electrons. The predicted molar refractivity (Wildman–Crippen MR) is 89.4 cm³/mol. The largest absolute Gasteiger partial charge is 0.315 e. The summed E-state index contributed by atoms with van der Waals surface area (Å²) < 4.78 is 2.17. The SMILES string of the molecule is CC(=O)Nc1[nH]n([C@@H]2CNCC[C@@H]2C)c2c1cnc1nccc12. The van der Waals surface area contributed by atoms with Gasteiger partial charge in [0, 0.05) is 31.2 Å². The van der Waals surface area contributed by atoms with Crippen LogP contribution in [-0.2, 0) is 4.79 Å². The Labute approximate surface area is 133 Å². The van der Waals surface area contributed by atoms with Gasteiger partial charge in [0.2, 0.25) is 5.91 Å². The van der Waals surface area contributed by atoms with Crippen molar-refractivity contribution in [1.82, 2.24) is 25.1 Å². The molecule has 0 aliphatic carbocycles. The van der Waals surface area contributed by atoms with E-state index in [4.69, 9.17) is 0 Å². The third kappa shape index (κ3) is 2.28. The molecule has 1 aliphatic heterocycles. The van der Waals surface area contributed by atoms with Crippen LogP contribution < -0.4 is 10.6 Å². The molecule has 23 heavy (non-hydrogen) atoms. The average molecular weight is 312 g/mol. The van der Waals surface area contributed by atoms with Crippen LogP contribution in [0.5, 0.6) is 0 Å². The molecule has 1 amide bonds. The molecule has 3 aromatic rings. The van der Waals surface area contributed by atoms with Gasteiger partial charge in [-0.2, -0.15) is 0 Å². The quantitative estimate of drug-likeness (QED) is 0.676. The lowest BCUT2D eigenvalue weighted by atomic mass is 9.95. The smallest absolute Gasteiger partial charge is 0.222 e. The lowest BCUT2D eigenvalue weighted by Gasteiger charge is -2.31. The minimum Gasteiger partial charge on any atom is -0.315 e. The Morgan fingerprint density at radius 2 is 2.26 bits per heavy atom. The van der Waals surface area contributed by atoms with Gasteiger partial charge in [-0.3, -0.25) is 14.6 Å². The molecule has 0 bridgehead atoms. The van der Waals surface area contributed by atoms with Crippen LogP contribution in [0.3, 0.4) is 0 Å². The molecule has 4 rings (SSSR count). The fraction of sp³-hybridized carbons (Fsp3) is 0.438. The van der Waals surface area contributed by atoms with E-state index < -0.39 is 0 Å². The summed E-state index contributed by atoms with van der Waals surface area (Å²) in [6.07, 6.45) is 4.68. The topological polar surface area (TPSA) is 87.6 Å². The number of amides is 1. The van der Waals surface area contributed by atoms with Gasteiger partial charge >= 0.3 is 0 Å². The van der Waals surface area contributed by atoms with Crippen LogP contribution >= 0.6 is 0 Å². The van der Waals surface area contributed by atoms with Crippen molar-refractivity contribution in [3.05, 3.63) is 18.5 Å². The number of rotatable bonds is 2. The van der Waals surface area contributed by atoms with Crippen molar-refractivity contribution < 1.29 is 4.79 Å². The van der Waals surface area contributed by atoms with E-state index in [1.165, 1.54) is 6.92 Å². The van der Waals surface area contributed by atoms with E-state index in [1.54, 1.807) is 12.4 Å². The summed E-state index contributed by atoms with van der Waals surface area (Å²) in [6.45, 7) is 5.73. The average Bonchev–Trinajstić information content (AvgIpc) is 3.11. The number of aromatic amines is 1. The molecule has 1 aliphatic rings. The minimum atomic E-state index is -0.101. The Morgan fingerprint density at radius 1 is 1.39 bits per heavy atom. The number of pyridine rings is 1. The normalized spacial score (nSPS) is 21.8. The lowest BCUT2D eigenvalue weighted by Crippen LogP contribution is -2.37. The van der Waals surface area contributed by atoms with Gasteiger partial charge in [0.25, 0.3) is 0 Å². The highest BCUT2D eigenvalue weighted by Gasteiger charge is 2.26. The number of fused-ring (bicyclic) bond motifs is 3. The number of carbonyl (C=O) groups excluding carboxylic acids is 1. The van der Waals surface area contributed by atoms with Gasteiger partial charge in [0.05, 0.1) is 16.9 Å². The number of carbonyl (C=O) groups is 1. The third-order valence-electron chi connectivity index (χ3n) is 4.67. The second-order valence-corrected chi connectivity index (χ2v) is 6.28. The van der Waals surface area contributed by atoms with Crippen molar-refractivity contribution >= 4 is 33.7 Å². The van der Waals surface area contributed by atoms with Crippen LogP contribution in [0, 0.1) is 5.92 Å². The molecule has 0 radical (unpaired) electrons. The zero-order chi connectivity index (χ0) is 16.0. The zero-order valence-corrected chi connectivity index (χ0v) is 13.3. The molecule has 3 N–H and O–H groups in total. The molecule has 7 heteroatoms. The third-order valence-corrected chi connectivity index (χ3v) is 4.67. The van der Waals surface area contributed by atoms with Crippen molar-refractivity contribution in [3.63, 3.8) is 0 Å². The lowest BCUT2D eigenvalue weighted by molar-refractivity contribution is -0.114. The molecule has 3 aromatic heterocycles. The first-order chi connectivity index (χ1) is 11.1. The summed E-state index contributed by atoms with van der Waals surface area (Å²) in [7, 11) is 0. The van der Waals surface area contributed by atoms with Crippen molar-refractivity contribution in [2.24, 2.45) is 5.92 Å². The summed E-state index contributed by atoms with van der Waals surface area (Å²) in [4.78, 5) is 20.2. The van der Waals surface area contributed by atoms with Crippen molar-refractivity contribution in [2.75, 3.05) is 18.4 Å². The summed E-state index contributed by atoms with van der Waals surface area (Å²) in [5, 5.41) is 11.6. The fourth-order valence-corrected chi connectivity index (χ4v) is 3.46. The van der Waals surface area contributed by atoms with Crippen LogP contribution in [0.15, 0.2) is 18.5 Å². The van der Waals surface area contributed by atoms with Gasteiger partial charge in [-0.1, -0.05) is 6.92 Å². The van der Waals surface area contributed by atoms with E-state index in [1.807, 2.05) is 6.07 Å². The number of nitrogens with one attached hydrogen (secondary N) is 3. The number of H-pyrrole nitrogens is 1. The number of hydrogen-bond donors (Lipinski definition) is 3. The first-order valence-corrected chi connectivity index (χ1v) is 7.97. The Hall–Kier alpha value is -2.41. The number of aromatic nitrogens is 4. The first kappa shape index (κ1) is 14.2. The molecular weight excluding hydrogens is 292 g/mol. The van der Waals surface area contributed by atoms with E-state index in [9.17, 15) is 4.79 Å². The maximum Gasteiger partial charge on any atom is 0.222 e. The van der Waals surface area contributed by atoms with E-state index in [0.717, 1.165) is 41.4 Å². The summed E-state index contributed by atoms with van der Waals surface area (Å²) in [5.74, 6) is 1.14. The Kier molecular flexibility index (Phi) is 3.30. The Balaban J connectivity index is 1.97. The summed E-state index contributed by atoms with van der Waals surface area (Å²) >= 11 is 0. The number of anilines is 1. The second kappa shape index (κ2) is 5.34. The molecule has 4 heterocycles. The molecule has 0 saturated carbocycles. The van der Waals surface area contributed by atoms with Crippen LogP contribution in [-0.4, -0.2) is 38.7 Å². The molecule has 0 aromatic carbocycles. The van der Waals surface area contributed by atoms with Gasteiger partial charge in [0.15, 0.2) is 5.65 Å². The van der Waals surface area contributed by atoms with Gasteiger partial charge in [0.1, 0.15) is 5.82 Å². The number of nitrogens with zero attached hydrogens (tertiary/aromatic N) is 3. The maximum atomic E-state index is 11.5. The predicted octanol–water partition coefficient (Wildman–Crippen LogP) is 2.04. The van der Waals surface area contributed by atoms with E-state index in [2.05, 4.69) is 37.3 Å². The summed E-state index contributed by atoms with van der Waals surface area (Å²) in [5.41, 5.74) is 1.79. The Morgan fingerprint density at radius 3 is 3.04 bits per heavy atom. The van der Waals surface area contributed by atoms with Gasteiger partial charge in [-0.15, -0.1) is 0 Å². The highest BCUT2D eigenvalue weighted by atomic mass is 16.1. The number of piperidine rings is 1. The summed E-state index contributed by atoms with van der Waals surface area (Å²) in [6, 6.07) is 2.28. The van der Waals surface area contributed by atoms with E-state index in [-0.39, 0.29) is 5.91 Å².